The topological polar surface area (TPSA) is 18.5 Å². The number of hydrogen-bond donors (Lipinski definition) is 0. The molecule has 1 unspecified atom stereocenters. The van der Waals surface area contributed by atoms with Crippen molar-refractivity contribution in [1.29, 1.82) is 0 Å². The minimum atomic E-state index is -0.326. The molecule has 0 N–H and O–H groups in total. The van der Waals surface area contributed by atoms with Gasteiger partial charge in [-0.1, -0.05) is 0 Å². The fourth-order valence-electron chi connectivity index (χ4n) is 0.848. The molecule has 2 nitrogen and oxygen atoms in total. The van der Waals surface area contributed by atoms with Gasteiger partial charge in [0, 0.05) is 13.2 Å². The van der Waals surface area contributed by atoms with E-state index in [4.69, 9.17) is 9.47 Å². The SMILES string of the molecule is COC(C)COc1ccc(Br)c(F)c1. The van der Waals surface area contributed by atoms with Gasteiger partial charge in [0.1, 0.15) is 18.2 Å². The third-order valence-electron chi connectivity index (χ3n) is 1.78. The number of benzene rings is 1. The van der Waals surface area contributed by atoms with Gasteiger partial charge in [-0.05, 0) is 35.0 Å². The number of methoxy groups -OCH3 is 1. The highest BCUT2D eigenvalue weighted by Crippen LogP contribution is 2.20. The van der Waals surface area contributed by atoms with Crippen LogP contribution in [-0.2, 0) is 4.74 Å². The van der Waals surface area contributed by atoms with E-state index in [1.807, 2.05) is 6.92 Å². The first kappa shape index (κ1) is 11.5. The first-order valence-electron chi connectivity index (χ1n) is 4.24. The van der Waals surface area contributed by atoms with Crippen LogP contribution < -0.4 is 4.74 Å². The van der Waals surface area contributed by atoms with Gasteiger partial charge in [-0.25, -0.2) is 4.39 Å². The van der Waals surface area contributed by atoms with Gasteiger partial charge >= 0.3 is 0 Å². The van der Waals surface area contributed by atoms with Crippen molar-refractivity contribution in [2.45, 2.75) is 13.0 Å². The normalized spacial score (nSPS) is 12.6. The molecule has 1 rings (SSSR count). The van der Waals surface area contributed by atoms with Crippen molar-refractivity contribution in [3.8, 4) is 5.75 Å². The molecule has 0 fully saturated rings. The Kier molecular flexibility index (Phi) is 4.35. The average Bonchev–Trinajstić information content (AvgIpc) is 2.19. The van der Waals surface area contributed by atoms with Crippen LogP contribution in [-0.4, -0.2) is 19.8 Å². The smallest absolute Gasteiger partial charge is 0.141 e. The van der Waals surface area contributed by atoms with Crippen molar-refractivity contribution in [3.63, 3.8) is 0 Å². The highest BCUT2D eigenvalue weighted by Gasteiger charge is 2.03. The lowest BCUT2D eigenvalue weighted by atomic mass is 10.3. The molecule has 0 radical (unpaired) electrons. The number of hydrogen-bond acceptors (Lipinski definition) is 2. The maximum atomic E-state index is 13.0. The molecule has 1 atom stereocenters. The van der Waals surface area contributed by atoms with E-state index < -0.39 is 0 Å². The van der Waals surface area contributed by atoms with Gasteiger partial charge in [-0.3, -0.25) is 0 Å². The van der Waals surface area contributed by atoms with Crippen LogP contribution in [0.4, 0.5) is 4.39 Å². The molecule has 4 heteroatoms. The minimum Gasteiger partial charge on any atom is -0.491 e. The van der Waals surface area contributed by atoms with Crippen LogP contribution in [0.15, 0.2) is 22.7 Å². The zero-order chi connectivity index (χ0) is 10.6. The van der Waals surface area contributed by atoms with Crippen LogP contribution >= 0.6 is 15.9 Å². The Bertz CT molecular complexity index is 304. The van der Waals surface area contributed by atoms with Gasteiger partial charge in [0.25, 0.3) is 0 Å². The number of rotatable bonds is 4. The average molecular weight is 263 g/mol. The molecular weight excluding hydrogens is 251 g/mol. The molecule has 0 aromatic heterocycles. The minimum absolute atomic E-state index is 0.00158. The fraction of sp³-hybridized carbons (Fsp3) is 0.400. The summed E-state index contributed by atoms with van der Waals surface area (Å²) < 4.78 is 23.8. The third-order valence-corrected chi connectivity index (χ3v) is 2.42. The van der Waals surface area contributed by atoms with E-state index in [9.17, 15) is 4.39 Å². The van der Waals surface area contributed by atoms with E-state index in [0.29, 0.717) is 16.8 Å². The molecule has 0 heterocycles. The van der Waals surface area contributed by atoms with Crippen LogP contribution in [0.3, 0.4) is 0 Å². The summed E-state index contributed by atoms with van der Waals surface area (Å²) in [4.78, 5) is 0. The second-order valence-corrected chi connectivity index (χ2v) is 3.79. The second kappa shape index (κ2) is 5.32. The molecule has 1 aromatic carbocycles. The highest BCUT2D eigenvalue weighted by atomic mass is 79.9. The zero-order valence-corrected chi connectivity index (χ0v) is 9.67. The third kappa shape index (κ3) is 3.27. The summed E-state index contributed by atoms with van der Waals surface area (Å²) in [6.45, 7) is 2.30. The predicted octanol–water partition coefficient (Wildman–Crippen LogP) is 3.00. The monoisotopic (exact) mass is 262 g/mol. The van der Waals surface area contributed by atoms with E-state index in [-0.39, 0.29) is 11.9 Å². The molecule has 1 aromatic rings. The first-order valence-corrected chi connectivity index (χ1v) is 5.03. The van der Waals surface area contributed by atoms with Crippen molar-refractivity contribution in [2.75, 3.05) is 13.7 Å². The maximum absolute atomic E-state index is 13.0. The van der Waals surface area contributed by atoms with Crippen LogP contribution in [0.2, 0.25) is 0 Å². The lowest BCUT2D eigenvalue weighted by Gasteiger charge is -2.11. The summed E-state index contributed by atoms with van der Waals surface area (Å²) >= 11 is 3.07. The Labute approximate surface area is 91.2 Å². The fourth-order valence-corrected chi connectivity index (χ4v) is 1.09. The standard InChI is InChI=1S/C10H12BrFO2/c1-7(13-2)6-14-8-3-4-9(11)10(12)5-8/h3-5,7H,6H2,1-2H3. The molecule has 0 amide bonds. The molecule has 0 bridgehead atoms. The van der Waals surface area contributed by atoms with Gasteiger partial charge < -0.3 is 9.47 Å². The van der Waals surface area contributed by atoms with E-state index in [2.05, 4.69) is 15.9 Å². The summed E-state index contributed by atoms with van der Waals surface area (Å²) in [6, 6.07) is 4.66. The molecule has 0 spiro atoms. The van der Waals surface area contributed by atoms with Crippen molar-refractivity contribution >= 4 is 15.9 Å². The quantitative estimate of drug-likeness (QED) is 0.831. The summed E-state index contributed by atoms with van der Waals surface area (Å²) in [5.41, 5.74) is 0. The molecule has 0 saturated carbocycles. The Morgan fingerprint density at radius 3 is 2.79 bits per heavy atom. The number of halogens is 2. The molecular formula is C10H12BrFO2. The summed E-state index contributed by atoms with van der Waals surface area (Å²) in [5.74, 6) is 0.183. The zero-order valence-electron chi connectivity index (χ0n) is 8.09. The van der Waals surface area contributed by atoms with E-state index in [1.54, 1.807) is 19.2 Å². The Morgan fingerprint density at radius 2 is 2.21 bits per heavy atom. The molecule has 14 heavy (non-hydrogen) atoms. The van der Waals surface area contributed by atoms with Gasteiger partial charge in [0.05, 0.1) is 10.6 Å². The summed E-state index contributed by atoms with van der Waals surface area (Å²) in [7, 11) is 1.61. The van der Waals surface area contributed by atoms with Crippen LogP contribution in [0.25, 0.3) is 0 Å². The van der Waals surface area contributed by atoms with Crippen molar-refractivity contribution < 1.29 is 13.9 Å². The van der Waals surface area contributed by atoms with E-state index in [0.717, 1.165) is 0 Å². The van der Waals surface area contributed by atoms with E-state index in [1.165, 1.54) is 6.07 Å². The molecule has 78 valence electrons. The molecule has 0 saturated heterocycles. The maximum Gasteiger partial charge on any atom is 0.141 e. The predicted molar refractivity (Wildman–Crippen MR) is 56.1 cm³/mol. The van der Waals surface area contributed by atoms with Crippen molar-refractivity contribution in [1.82, 2.24) is 0 Å². The first-order chi connectivity index (χ1) is 6.63. The lowest BCUT2D eigenvalue weighted by Crippen LogP contribution is -2.15. The Balaban J connectivity index is 2.55. The summed E-state index contributed by atoms with van der Waals surface area (Å²) in [6.07, 6.45) is 0.00158. The molecule has 0 aliphatic rings. The molecule has 0 aliphatic carbocycles. The lowest BCUT2D eigenvalue weighted by molar-refractivity contribution is 0.0715. The van der Waals surface area contributed by atoms with Crippen LogP contribution in [0.1, 0.15) is 6.92 Å². The largest absolute Gasteiger partial charge is 0.491 e. The Hall–Kier alpha value is -0.610. The van der Waals surface area contributed by atoms with Gasteiger partial charge in [0.2, 0.25) is 0 Å². The van der Waals surface area contributed by atoms with Gasteiger partial charge in [-0.2, -0.15) is 0 Å². The van der Waals surface area contributed by atoms with Crippen LogP contribution in [0, 0.1) is 5.82 Å². The Morgan fingerprint density at radius 1 is 1.50 bits per heavy atom. The van der Waals surface area contributed by atoms with Crippen molar-refractivity contribution in [2.24, 2.45) is 0 Å². The van der Waals surface area contributed by atoms with E-state index >= 15 is 0 Å². The second-order valence-electron chi connectivity index (χ2n) is 2.93. The molecule has 0 aliphatic heterocycles. The van der Waals surface area contributed by atoms with Crippen LogP contribution in [0.5, 0.6) is 5.75 Å². The van der Waals surface area contributed by atoms with Gasteiger partial charge in [0.15, 0.2) is 0 Å². The van der Waals surface area contributed by atoms with Crippen molar-refractivity contribution in [3.05, 3.63) is 28.5 Å². The highest BCUT2D eigenvalue weighted by molar-refractivity contribution is 9.10. The number of ether oxygens (including phenoxy) is 2. The summed E-state index contributed by atoms with van der Waals surface area (Å²) in [5, 5.41) is 0. The van der Waals surface area contributed by atoms with Gasteiger partial charge in [-0.15, -0.1) is 0 Å².